The number of para-hydroxylation sites is 2. The molecule has 2 aromatic rings. The van der Waals surface area contributed by atoms with Crippen molar-refractivity contribution >= 4 is 23.2 Å². The fourth-order valence-electron chi connectivity index (χ4n) is 2.85. The van der Waals surface area contributed by atoms with Crippen LogP contribution in [0, 0.1) is 0 Å². The van der Waals surface area contributed by atoms with Gasteiger partial charge in [-0.3, -0.25) is 9.59 Å². The molecule has 3 rings (SSSR count). The minimum Gasteiger partial charge on any atom is -0.495 e. The number of carbonyl (C=O) groups excluding carboxylic acids is 2. The molecule has 2 aromatic carbocycles. The highest BCUT2D eigenvalue weighted by Crippen LogP contribution is 2.22. The molecule has 1 aliphatic rings. The number of methoxy groups -OCH3 is 1. The third kappa shape index (κ3) is 4.98. The van der Waals surface area contributed by atoms with E-state index in [-0.39, 0.29) is 18.4 Å². The number of rotatable bonds is 6. The Morgan fingerprint density at radius 2 is 1.89 bits per heavy atom. The molecular formula is C20H23N3O4. The molecule has 0 spiro atoms. The lowest BCUT2D eigenvalue weighted by molar-refractivity contribution is -0.114. The van der Waals surface area contributed by atoms with Gasteiger partial charge in [-0.05, 0) is 30.3 Å². The van der Waals surface area contributed by atoms with E-state index in [1.807, 2.05) is 24.3 Å². The van der Waals surface area contributed by atoms with Crippen LogP contribution in [0.4, 0.5) is 11.4 Å². The summed E-state index contributed by atoms with van der Waals surface area (Å²) in [5.41, 5.74) is 1.87. The van der Waals surface area contributed by atoms with E-state index in [0.717, 1.165) is 5.69 Å². The average molecular weight is 369 g/mol. The first-order valence-corrected chi connectivity index (χ1v) is 8.81. The highest BCUT2D eigenvalue weighted by molar-refractivity contribution is 5.98. The molecule has 0 saturated carbocycles. The van der Waals surface area contributed by atoms with Crippen LogP contribution in [0.5, 0.6) is 5.75 Å². The van der Waals surface area contributed by atoms with Crippen molar-refractivity contribution in [3.63, 3.8) is 0 Å². The van der Waals surface area contributed by atoms with Gasteiger partial charge in [0.15, 0.2) is 0 Å². The number of nitrogens with zero attached hydrogens (tertiary/aromatic N) is 1. The van der Waals surface area contributed by atoms with Crippen molar-refractivity contribution in [2.45, 2.75) is 0 Å². The number of amides is 2. The molecule has 0 aromatic heterocycles. The fraction of sp³-hybridized carbons (Fsp3) is 0.300. The highest BCUT2D eigenvalue weighted by atomic mass is 16.5. The van der Waals surface area contributed by atoms with Crippen molar-refractivity contribution in [2.24, 2.45) is 0 Å². The average Bonchev–Trinajstić information content (AvgIpc) is 2.72. The Kier molecular flexibility index (Phi) is 6.27. The van der Waals surface area contributed by atoms with Crippen LogP contribution in [0.3, 0.4) is 0 Å². The van der Waals surface area contributed by atoms with E-state index < -0.39 is 0 Å². The second-order valence-corrected chi connectivity index (χ2v) is 6.09. The van der Waals surface area contributed by atoms with Crippen molar-refractivity contribution in [3.05, 3.63) is 54.1 Å². The van der Waals surface area contributed by atoms with Gasteiger partial charge in [-0.15, -0.1) is 0 Å². The van der Waals surface area contributed by atoms with Crippen LogP contribution in [0.25, 0.3) is 0 Å². The molecule has 0 atom stereocenters. The first-order chi connectivity index (χ1) is 13.2. The van der Waals surface area contributed by atoms with Crippen molar-refractivity contribution in [1.29, 1.82) is 0 Å². The topological polar surface area (TPSA) is 79.9 Å². The SMILES string of the molecule is COc1ccccc1NCC(=O)Nc1cccc(C(=O)N2CCOCC2)c1. The molecule has 1 saturated heterocycles. The van der Waals surface area contributed by atoms with Crippen LogP contribution in [-0.2, 0) is 9.53 Å². The molecule has 7 heteroatoms. The standard InChI is InChI=1S/C20H23N3O4/c1-26-18-8-3-2-7-17(18)21-14-19(24)22-16-6-4-5-15(13-16)20(25)23-9-11-27-12-10-23/h2-8,13,21H,9-12,14H2,1H3,(H,22,24). The molecule has 1 aliphatic heterocycles. The van der Waals surface area contributed by atoms with Gasteiger partial charge in [-0.25, -0.2) is 0 Å². The Balaban J connectivity index is 1.58. The molecule has 0 radical (unpaired) electrons. The number of benzene rings is 2. The Bertz CT molecular complexity index is 803. The fourth-order valence-corrected chi connectivity index (χ4v) is 2.85. The molecule has 7 nitrogen and oxygen atoms in total. The zero-order valence-electron chi connectivity index (χ0n) is 15.2. The quantitative estimate of drug-likeness (QED) is 0.816. The summed E-state index contributed by atoms with van der Waals surface area (Å²) in [6, 6.07) is 14.4. The van der Waals surface area contributed by atoms with Crippen LogP contribution in [-0.4, -0.2) is 56.7 Å². The molecule has 142 valence electrons. The molecule has 1 heterocycles. The van der Waals surface area contributed by atoms with Gasteiger partial charge in [-0.2, -0.15) is 0 Å². The van der Waals surface area contributed by atoms with E-state index >= 15 is 0 Å². The van der Waals surface area contributed by atoms with Gasteiger partial charge in [0.2, 0.25) is 5.91 Å². The summed E-state index contributed by atoms with van der Waals surface area (Å²) in [7, 11) is 1.58. The zero-order valence-corrected chi connectivity index (χ0v) is 15.2. The van der Waals surface area contributed by atoms with Gasteiger partial charge in [0.1, 0.15) is 5.75 Å². The van der Waals surface area contributed by atoms with Gasteiger partial charge in [0, 0.05) is 24.3 Å². The van der Waals surface area contributed by atoms with Crippen molar-refractivity contribution in [1.82, 2.24) is 4.90 Å². The summed E-state index contributed by atoms with van der Waals surface area (Å²) >= 11 is 0. The van der Waals surface area contributed by atoms with Crippen molar-refractivity contribution < 1.29 is 19.1 Å². The summed E-state index contributed by atoms with van der Waals surface area (Å²) in [6.45, 7) is 2.35. The van der Waals surface area contributed by atoms with Gasteiger partial charge in [-0.1, -0.05) is 18.2 Å². The second-order valence-electron chi connectivity index (χ2n) is 6.09. The molecule has 0 aliphatic carbocycles. The maximum atomic E-state index is 12.6. The number of hydrogen-bond donors (Lipinski definition) is 2. The first kappa shape index (κ1) is 18.7. The molecule has 27 heavy (non-hydrogen) atoms. The van der Waals surface area contributed by atoms with Crippen molar-refractivity contribution in [2.75, 3.05) is 50.6 Å². The predicted octanol–water partition coefficient (Wildman–Crippen LogP) is 2.22. The minimum atomic E-state index is -0.211. The van der Waals surface area contributed by atoms with Crippen LogP contribution in [0.1, 0.15) is 10.4 Å². The number of carbonyl (C=O) groups is 2. The number of hydrogen-bond acceptors (Lipinski definition) is 5. The summed E-state index contributed by atoms with van der Waals surface area (Å²) in [5, 5.41) is 5.86. The Labute approximate surface area is 158 Å². The maximum Gasteiger partial charge on any atom is 0.254 e. The lowest BCUT2D eigenvalue weighted by Crippen LogP contribution is -2.40. The summed E-state index contributed by atoms with van der Waals surface area (Å²) in [5.74, 6) is 0.404. The van der Waals surface area contributed by atoms with E-state index in [2.05, 4.69) is 10.6 Å². The van der Waals surface area contributed by atoms with E-state index in [1.165, 1.54) is 0 Å². The molecular weight excluding hydrogens is 346 g/mol. The summed E-state index contributed by atoms with van der Waals surface area (Å²) in [6.07, 6.45) is 0. The third-order valence-electron chi connectivity index (χ3n) is 4.24. The van der Waals surface area contributed by atoms with E-state index in [0.29, 0.717) is 43.3 Å². The van der Waals surface area contributed by atoms with E-state index in [9.17, 15) is 9.59 Å². The smallest absolute Gasteiger partial charge is 0.254 e. The summed E-state index contributed by atoms with van der Waals surface area (Å²) in [4.78, 5) is 26.5. The molecule has 0 unspecified atom stereocenters. The number of morpholine rings is 1. The monoisotopic (exact) mass is 369 g/mol. The zero-order chi connectivity index (χ0) is 19.1. The molecule has 0 bridgehead atoms. The maximum absolute atomic E-state index is 12.6. The first-order valence-electron chi connectivity index (χ1n) is 8.81. The normalized spacial score (nSPS) is 13.7. The third-order valence-corrected chi connectivity index (χ3v) is 4.24. The Morgan fingerprint density at radius 1 is 1.11 bits per heavy atom. The summed E-state index contributed by atoms with van der Waals surface area (Å²) < 4.78 is 10.5. The van der Waals surface area contributed by atoms with Crippen LogP contribution >= 0.6 is 0 Å². The van der Waals surface area contributed by atoms with Gasteiger partial charge in [0.05, 0.1) is 32.6 Å². The van der Waals surface area contributed by atoms with Crippen LogP contribution in [0.2, 0.25) is 0 Å². The van der Waals surface area contributed by atoms with E-state index in [1.54, 1.807) is 36.3 Å². The Hall–Kier alpha value is -3.06. The predicted molar refractivity (Wildman–Crippen MR) is 103 cm³/mol. The number of anilines is 2. The van der Waals surface area contributed by atoms with Crippen LogP contribution in [0.15, 0.2) is 48.5 Å². The molecule has 1 fully saturated rings. The van der Waals surface area contributed by atoms with Crippen LogP contribution < -0.4 is 15.4 Å². The van der Waals surface area contributed by atoms with Crippen molar-refractivity contribution in [3.8, 4) is 5.75 Å². The van der Waals surface area contributed by atoms with Gasteiger partial charge >= 0.3 is 0 Å². The Morgan fingerprint density at radius 3 is 2.67 bits per heavy atom. The largest absolute Gasteiger partial charge is 0.495 e. The molecule has 2 amide bonds. The molecule has 2 N–H and O–H groups in total. The number of ether oxygens (including phenoxy) is 2. The number of nitrogens with one attached hydrogen (secondary N) is 2. The van der Waals surface area contributed by atoms with Gasteiger partial charge < -0.3 is 25.0 Å². The highest BCUT2D eigenvalue weighted by Gasteiger charge is 2.18. The second kappa shape index (κ2) is 9.05. The van der Waals surface area contributed by atoms with Gasteiger partial charge in [0.25, 0.3) is 5.91 Å². The minimum absolute atomic E-state index is 0.0541. The lowest BCUT2D eigenvalue weighted by atomic mass is 10.1. The lowest BCUT2D eigenvalue weighted by Gasteiger charge is -2.27. The van der Waals surface area contributed by atoms with E-state index in [4.69, 9.17) is 9.47 Å².